The lowest BCUT2D eigenvalue weighted by molar-refractivity contribution is -0.114. The van der Waals surface area contributed by atoms with Crippen molar-refractivity contribution >= 4 is 24.9 Å². The van der Waals surface area contributed by atoms with Crippen LogP contribution >= 0.6 is 0 Å². The number of carbonyl (C=O) groups is 1. The van der Waals surface area contributed by atoms with Gasteiger partial charge in [0.15, 0.2) is 0 Å². The van der Waals surface area contributed by atoms with E-state index in [4.69, 9.17) is 7.85 Å². The van der Waals surface area contributed by atoms with E-state index in [1.54, 1.807) is 0 Å². The summed E-state index contributed by atoms with van der Waals surface area (Å²) in [5.74, 6) is -2.30. The Bertz CT molecular complexity index is 331. The molecule has 0 saturated heterocycles. The van der Waals surface area contributed by atoms with Crippen LogP contribution in [0.1, 0.15) is 6.92 Å². The summed E-state index contributed by atoms with van der Waals surface area (Å²) < 4.78 is 25.9. The van der Waals surface area contributed by atoms with E-state index in [-0.39, 0.29) is 5.46 Å². The van der Waals surface area contributed by atoms with Crippen LogP contribution in [0.2, 0.25) is 0 Å². The molecule has 0 aliphatic carbocycles. The molecule has 0 atom stereocenters. The highest BCUT2D eigenvalue weighted by atomic mass is 19.1. The van der Waals surface area contributed by atoms with E-state index in [1.807, 2.05) is 5.32 Å². The first-order valence-corrected chi connectivity index (χ1v) is 3.53. The number of hydrogen-bond donors (Lipinski definition) is 1. The average Bonchev–Trinajstić information content (AvgIpc) is 1.96. The highest BCUT2D eigenvalue weighted by molar-refractivity contribution is 6.32. The third-order valence-electron chi connectivity index (χ3n) is 1.37. The molecule has 0 aliphatic heterocycles. The first-order chi connectivity index (χ1) is 6.00. The van der Waals surface area contributed by atoms with E-state index >= 15 is 0 Å². The predicted molar refractivity (Wildman–Crippen MR) is 46.0 cm³/mol. The molecule has 1 amide bonds. The van der Waals surface area contributed by atoms with Crippen LogP contribution in [-0.4, -0.2) is 13.8 Å². The van der Waals surface area contributed by atoms with Crippen LogP contribution < -0.4 is 10.8 Å². The fourth-order valence-electron chi connectivity index (χ4n) is 0.888. The quantitative estimate of drug-likeness (QED) is 0.635. The van der Waals surface area contributed by atoms with E-state index in [2.05, 4.69) is 0 Å². The topological polar surface area (TPSA) is 29.1 Å². The minimum absolute atomic E-state index is 0.0240. The highest BCUT2D eigenvalue weighted by Gasteiger charge is 2.10. The Morgan fingerprint density at radius 1 is 1.38 bits per heavy atom. The van der Waals surface area contributed by atoms with E-state index in [0.717, 1.165) is 19.1 Å². The normalized spacial score (nSPS) is 9.77. The maximum Gasteiger partial charge on any atom is 0.221 e. The van der Waals surface area contributed by atoms with Crippen molar-refractivity contribution in [2.45, 2.75) is 6.92 Å². The molecule has 0 spiro atoms. The van der Waals surface area contributed by atoms with Gasteiger partial charge in [-0.1, -0.05) is 5.46 Å². The molecule has 1 aromatic rings. The van der Waals surface area contributed by atoms with Crippen LogP contribution in [0, 0.1) is 11.6 Å². The smallest absolute Gasteiger partial charge is 0.221 e. The molecule has 0 fully saturated rings. The standard InChI is InChI=1S/C8H6BF2NO/c1-4(13)12-8-6(10)2-5(9)3-7(8)11/h2-3H,1H3,(H,12,13). The van der Waals surface area contributed by atoms with Gasteiger partial charge in [0.2, 0.25) is 5.91 Å². The van der Waals surface area contributed by atoms with Crippen LogP contribution in [0.4, 0.5) is 14.5 Å². The third kappa shape index (κ3) is 2.27. The summed E-state index contributed by atoms with van der Waals surface area (Å²) in [5, 5.41) is 2.02. The Morgan fingerprint density at radius 2 is 1.85 bits per heavy atom. The zero-order valence-corrected chi connectivity index (χ0v) is 6.90. The van der Waals surface area contributed by atoms with Crippen molar-refractivity contribution in [2.24, 2.45) is 0 Å². The number of halogens is 2. The molecule has 1 rings (SSSR count). The lowest BCUT2D eigenvalue weighted by Gasteiger charge is -2.05. The van der Waals surface area contributed by atoms with Crippen molar-refractivity contribution in [1.29, 1.82) is 0 Å². The summed E-state index contributed by atoms with van der Waals surface area (Å²) in [5.41, 5.74) is -0.495. The van der Waals surface area contributed by atoms with Crippen LogP contribution in [0.25, 0.3) is 0 Å². The van der Waals surface area contributed by atoms with Crippen LogP contribution in [0.5, 0.6) is 0 Å². The van der Waals surface area contributed by atoms with Crippen molar-refractivity contribution in [1.82, 2.24) is 0 Å². The minimum atomic E-state index is -0.882. The van der Waals surface area contributed by atoms with Gasteiger partial charge in [-0.05, 0) is 12.1 Å². The fraction of sp³-hybridized carbons (Fsp3) is 0.125. The van der Waals surface area contributed by atoms with Gasteiger partial charge in [-0.2, -0.15) is 0 Å². The Hall–Kier alpha value is -1.39. The molecular weight excluding hydrogens is 175 g/mol. The fourth-order valence-corrected chi connectivity index (χ4v) is 0.888. The van der Waals surface area contributed by atoms with E-state index in [1.165, 1.54) is 0 Å². The molecule has 0 unspecified atom stereocenters. The van der Waals surface area contributed by atoms with Gasteiger partial charge < -0.3 is 5.32 Å². The van der Waals surface area contributed by atoms with Gasteiger partial charge in [-0.15, -0.1) is 0 Å². The van der Waals surface area contributed by atoms with E-state index in [0.29, 0.717) is 0 Å². The van der Waals surface area contributed by atoms with Gasteiger partial charge in [-0.3, -0.25) is 4.79 Å². The first kappa shape index (κ1) is 9.70. The van der Waals surface area contributed by atoms with Gasteiger partial charge in [0.1, 0.15) is 25.2 Å². The largest absolute Gasteiger partial charge is 0.321 e. The molecule has 0 aliphatic rings. The van der Waals surface area contributed by atoms with Crippen molar-refractivity contribution in [3.63, 3.8) is 0 Å². The maximum atomic E-state index is 12.9. The molecule has 0 aromatic heterocycles. The molecule has 0 saturated carbocycles. The minimum Gasteiger partial charge on any atom is -0.321 e. The van der Waals surface area contributed by atoms with Gasteiger partial charge in [-0.25, -0.2) is 8.78 Å². The van der Waals surface area contributed by atoms with Gasteiger partial charge in [0, 0.05) is 6.92 Å². The first-order valence-electron chi connectivity index (χ1n) is 3.53. The second-order valence-electron chi connectivity index (χ2n) is 2.54. The summed E-state index contributed by atoms with van der Waals surface area (Å²) in [6.45, 7) is 1.16. The van der Waals surface area contributed by atoms with Gasteiger partial charge >= 0.3 is 0 Å². The molecule has 0 bridgehead atoms. The van der Waals surface area contributed by atoms with Crippen LogP contribution in [0.3, 0.4) is 0 Å². The SMILES string of the molecule is [B]c1cc(F)c(NC(C)=O)c(F)c1. The molecular formula is C8H6BF2NO. The second-order valence-corrected chi connectivity index (χ2v) is 2.54. The summed E-state index contributed by atoms with van der Waals surface area (Å²) in [6.07, 6.45) is 0. The number of carbonyl (C=O) groups excluding carboxylic acids is 1. The van der Waals surface area contributed by atoms with Crippen molar-refractivity contribution < 1.29 is 13.6 Å². The molecule has 66 valence electrons. The zero-order chi connectivity index (χ0) is 10.0. The molecule has 1 N–H and O–H groups in total. The summed E-state index contributed by atoms with van der Waals surface area (Å²) in [6, 6.07) is 1.88. The van der Waals surface area contributed by atoms with Crippen LogP contribution in [0.15, 0.2) is 12.1 Å². The van der Waals surface area contributed by atoms with Crippen molar-refractivity contribution in [3.05, 3.63) is 23.8 Å². The van der Waals surface area contributed by atoms with Crippen LogP contribution in [-0.2, 0) is 4.79 Å². The Balaban J connectivity index is 3.13. The Kier molecular flexibility index (Phi) is 2.65. The number of anilines is 1. The number of benzene rings is 1. The maximum absolute atomic E-state index is 12.9. The molecule has 0 heterocycles. The molecule has 1 aromatic carbocycles. The number of amides is 1. The lowest BCUT2D eigenvalue weighted by Crippen LogP contribution is -2.13. The third-order valence-corrected chi connectivity index (χ3v) is 1.37. The predicted octanol–water partition coefficient (Wildman–Crippen LogP) is 0.717. The summed E-state index contributed by atoms with van der Waals surface area (Å²) in [7, 11) is 5.17. The lowest BCUT2D eigenvalue weighted by atomic mass is 9.96. The molecule has 2 radical (unpaired) electrons. The van der Waals surface area contributed by atoms with E-state index in [9.17, 15) is 13.6 Å². The summed E-state index contributed by atoms with van der Waals surface area (Å²) in [4.78, 5) is 10.5. The number of rotatable bonds is 1. The van der Waals surface area contributed by atoms with Gasteiger partial charge in [0.05, 0.1) is 0 Å². The average molecular weight is 181 g/mol. The van der Waals surface area contributed by atoms with Crippen molar-refractivity contribution in [2.75, 3.05) is 5.32 Å². The number of nitrogens with one attached hydrogen (secondary N) is 1. The highest BCUT2D eigenvalue weighted by Crippen LogP contribution is 2.16. The second kappa shape index (κ2) is 3.55. The van der Waals surface area contributed by atoms with Crippen molar-refractivity contribution in [3.8, 4) is 0 Å². The molecule has 2 nitrogen and oxygen atoms in total. The monoisotopic (exact) mass is 181 g/mol. The summed E-state index contributed by atoms with van der Waals surface area (Å²) >= 11 is 0. The van der Waals surface area contributed by atoms with Gasteiger partial charge in [0.25, 0.3) is 0 Å². The molecule has 5 heteroatoms. The van der Waals surface area contributed by atoms with E-state index < -0.39 is 23.2 Å². The Labute approximate surface area is 75.4 Å². The number of hydrogen-bond acceptors (Lipinski definition) is 1. The Morgan fingerprint density at radius 3 is 2.23 bits per heavy atom. The molecule has 13 heavy (non-hydrogen) atoms. The zero-order valence-electron chi connectivity index (χ0n) is 6.90.